The van der Waals surface area contributed by atoms with Crippen molar-refractivity contribution in [3.63, 3.8) is 0 Å². The molecule has 0 aliphatic rings. The molecule has 0 atom stereocenters. The molecule has 0 saturated heterocycles. The Kier molecular flexibility index (Phi) is 3.47. The Hall–Kier alpha value is -1.77. The van der Waals surface area contributed by atoms with Gasteiger partial charge in [0.2, 0.25) is 0 Å². The third kappa shape index (κ3) is 2.67. The highest BCUT2D eigenvalue weighted by atomic mass is 16.3. The maximum absolute atomic E-state index is 5.65. The number of rotatable bonds is 4. The first-order valence-electron chi connectivity index (χ1n) is 5.94. The average molecular weight is 230 g/mol. The van der Waals surface area contributed by atoms with E-state index >= 15 is 0 Å². The minimum Gasteiger partial charge on any atom is -0.464 e. The van der Waals surface area contributed by atoms with Crippen LogP contribution in [0.2, 0.25) is 0 Å². The van der Waals surface area contributed by atoms with Crippen LogP contribution < -0.4 is 5.32 Å². The van der Waals surface area contributed by atoms with Crippen LogP contribution in [0.4, 0.5) is 5.69 Å². The minimum atomic E-state index is 0.702. The van der Waals surface area contributed by atoms with E-state index in [1.165, 1.54) is 5.56 Å². The molecular weight excluding hydrogens is 212 g/mol. The summed E-state index contributed by atoms with van der Waals surface area (Å²) in [6, 6.07) is 6.06. The number of hydrogen-bond donors (Lipinski definition) is 1. The topological polar surface area (TPSA) is 38.1 Å². The van der Waals surface area contributed by atoms with E-state index in [1.54, 1.807) is 0 Å². The largest absolute Gasteiger partial charge is 0.464 e. The van der Waals surface area contributed by atoms with Gasteiger partial charge in [-0.2, -0.15) is 0 Å². The number of aromatic nitrogens is 1. The molecule has 3 heteroatoms. The SMILES string of the molecule is CCc1ccc(CNc2c(C)ccnc2C)o1. The van der Waals surface area contributed by atoms with E-state index in [4.69, 9.17) is 4.42 Å². The van der Waals surface area contributed by atoms with Gasteiger partial charge in [0.1, 0.15) is 11.5 Å². The van der Waals surface area contributed by atoms with Crippen LogP contribution in [0.15, 0.2) is 28.8 Å². The summed E-state index contributed by atoms with van der Waals surface area (Å²) in [4.78, 5) is 4.28. The van der Waals surface area contributed by atoms with Crippen molar-refractivity contribution in [2.75, 3.05) is 5.32 Å². The molecule has 2 aromatic heterocycles. The molecule has 0 unspecified atom stereocenters. The lowest BCUT2D eigenvalue weighted by atomic mass is 10.2. The molecule has 1 N–H and O–H groups in total. The molecule has 0 aromatic carbocycles. The third-order valence-electron chi connectivity index (χ3n) is 2.85. The third-order valence-corrected chi connectivity index (χ3v) is 2.85. The fraction of sp³-hybridized carbons (Fsp3) is 0.357. The van der Waals surface area contributed by atoms with Crippen molar-refractivity contribution >= 4 is 5.69 Å². The normalized spacial score (nSPS) is 10.5. The second-order valence-electron chi connectivity index (χ2n) is 4.16. The predicted octanol–water partition coefficient (Wildman–Crippen LogP) is 3.47. The molecule has 0 spiro atoms. The number of hydrogen-bond acceptors (Lipinski definition) is 3. The number of furan rings is 1. The summed E-state index contributed by atoms with van der Waals surface area (Å²) in [5.41, 5.74) is 3.33. The van der Waals surface area contributed by atoms with E-state index in [-0.39, 0.29) is 0 Å². The molecule has 0 aliphatic carbocycles. The van der Waals surface area contributed by atoms with Gasteiger partial charge >= 0.3 is 0 Å². The Bertz CT molecular complexity index is 482. The van der Waals surface area contributed by atoms with Crippen LogP contribution in [0.1, 0.15) is 29.7 Å². The first-order valence-corrected chi connectivity index (χ1v) is 5.94. The summed E-state index contributed by atoms with van der Waals surface area (Å²) in [5.74, 6) is 1.99. The van der Waals surface area contributed by atoms with Gasteiger partial charge in [0, 0.05) is 12.6 Å². The van der Waals surface area contributed by atoms with Gasteiger partial charge in [-0.3, -0.25) is 4.98 Å². The van der Waals surface area contributed by atoms with Crippen LogP contribution in [0.5, 0.6) is 0 Å². The Labute approximate surface area is 102 Å². The van der Waals surface area contributed by atoms with Crippen molar-refractivity contribution in [2.45, 2.75) is 33.7 Å². The molecule has 2 aromatic rings. The van der Waals surface area contributed by atoms with Gasteiger partial charge in [0.05, 0.1) is 17.9 Å². The van der Waals surface area contributed by atoms with E-state index in [0.29, 0.717) is 6.54 Å². The second-order valence-corrected chi connectivity index (χ2v) is 4.16. The van der Waals surface area contributed by atoms with Crippen molar-refractivity contribution < 1.29 is 4.42 Å². The van der Waals surface area contributed by atoms with E-state index in [1.807, 2.05) is 31.3 Å². The Balaban J connectivity index is 2.07. The van der Waals surface area contributed by atoms with Crippen LogP contribution in [0.25, 0.3) is 0 Å². The first kappa shape index (κ1) is 11.7. The summed E-state index contributed by atoms with van der Waals surface area (Å²) in [7, 11) is 0. The Morgan fingerprint density at radius 1 is 1.18 bits per heavy atom. The van der Waals surface area contributed by atoms with Crippen LogP contribution in [0, 0.1) is 13.8 Å². The Morgan fingerprint density at radius 2 is 1.94 bits per heavy atom. The second kappa shape index (κ2) is 5.04. The van der Waals surface area contributed by atoms with Gasteiger partial charge in [-0.15, -0.1) is 0 Å². The highest BCUT2D eigenvalue weighted by molar-refractivity contribution is 5.53. The zero-order valence-electron chi connectivity index (χ0n) is 10.6. The van der Waals surface area contributed by atoms with E-state index in [2.05, 4.69) is 24.1 Å². The van der Waals surface area contributed by atoms with Crippen molar-refractivity contribution in [2.24, 2.45) is 0 Å². The standard InChI is InChI=1S/C14H18N2O/c1-4-12-5-6-13(17-12)9-16-14-10(2)7-8-15-11(14)3/h5-8,16H,4,9H2,1-3H3. The first-order chi connectivity index (χ1) is 8.20. The lowest BCUT2D eigenvalue weighted by Gasteiger charge is -2.10. The molecule has 0 fully saturated rings. The van der Waals surface area contributed by atoms with Gasteiger partial charge < -0.3 is 9.73 Å². The van der Waals surface area contributed by atoms with Gasteiger partial charge in [-0.25, -0.2) is 0 Å². The molecule has 0 amide bonds. The van der Waals surface area contributed by atoms with Crippen LogP contribution >= 0.6 is 0 Å². The van der Waals surface area contributed by atoms with E-state index in [0.717, 1.165) is 29.3 Å². The zero-order valence-corrected chi connectivity index (χ0v) is 10.6. The number of nitrogens with one attached hydrogen (secondary N) is 1. The van der Waals surface area contributed by atoms with Gasteiger partial charge in [-0.1, -0.05) is 6.92 Å². The maximum atomic E-state index is 5.65. The minimum absolute atomic E-state index is 0.702. The maximum Gasteiger partial charge on any atom is 0.123 e. The van der Waals surface area contributed by atoms with Crippen molar-refractivity contribution in [1.82, 2.24) is 4.98 Å². The van der Waals surface area contributed by atoms with Gasteiger partial charge in [0.15, 0.2) is 0 Å². The fourth-order valence-corrected chi connectivity index (χ4v) is 1.84. The molecule has 2 rings (SSSR count). The number of anilines is 1. The molecule has 0 radical (unpaired) electrons. The van der Waals surface area contributed by atoms with Crippen molar-refractivity contribution in [1.29, 1.82) is 0 Å². The van der Waals surface area contributed by atoms with E-state index in [9.17, 15) is 0 Å². The summed E-state index contributed by atoms with van der Waals surface area (Å²) < 4.78 is 5.65. The number of pyridine rings is 1. The monoisotopic (exact) mass is 230 g/mol. The molecule has 0 bridgehead atoms. The summed E-state index contributed by atoms with van der Waals surface area (Å²) in [6.07, 6.45) is 2.77. The highest BCUT2D eigenvalue weighted by Crippen LogP contribution is 2.18. The van der Waals surface area contributed by atoms with Gasteiger partial charge in [-0.05, 0) is 37.6 Å². The molecule has 2 heterocycles. The lowest BCUT2D eigenvalue weighted by Crippen LogP contribution is -2.03. The van der Waals surface area contributed by atoms with E-state index < -0.39 is 0 Å². The molecule has 0 saturated carbocycles. The molecule has 17 heavy (non-hydrogen) atoms. The van der Waals surface area contributed by atoms with Crippen molar-refractivity contribution in [3.8, 4) is 0 Å². The number of nitrogens with zero attached hydrogens (tertiary/aromatic N) is 1. The quantitative estimate of drug-likeness (QED) is 0.874. The average Bonchev–Trinajstić information content (AvgIpc) is 2.76. The van der Waals surface area contributed by atoms with Crippen molar-refractivity contribution in [3.05, 3.63) is 47.2 Å². The number of aryl methyl sites for hydroxylation is 3. The summed E-state index contributed by atoms with van der Waals surface area (Å²) in [6.45, 7) is 6.88. The molecular formula is C14H18N2O. The highest BCUT2D eigenvalue weighted by Gasteiger charge is 2.04. The lowest BCUT2D eigenvalue weighted by molar-refractivity contribution is 0.476. The summed E-state index contributed by atoms with van der Waals surface area (Å²) >= 11 is 0. The van der Waals surface area contributed by atoms with Crippen LogP contribution in [-0.4, -0.2) is 4.98 Å². The summed E-state index contributed by atoms with van der Waals surface area (Å²) in [5, 5.41) is 3.38. The molecule has 0 aliphatic heterocycles. The van der Waals surface area contributed by atoms with Crippen LogP contribution in [0.3, 0.4) is 0 Å². The van der Waals surface area contributed by atoms with Crippen LogP contribution in [-0.2, 0) is 13.0 Å². The zero-order chi connectivity index (χ0) is 12.3. The predicted molar refractivity (Wildman–Crippen MR) is 69.1 cm³/mol. The molecule has 3 nitrogen and oxygen atoms in total. The molecule has 90 valence electrons. The fourth-order valence-electron chi connectivity index (χ4n) is 1.84. The Morgan fingerprint density at radius 3 is 2.59 bits per heavy atom. The smallest absolute Gasteiger partial charge is 0.123 e. The van der Waals surface area contributed by atoms with Gasteiger partial charge in [0.25, 0.3) is 0 Å².